The fourth-order valence-corrected chi connectivity index (χ4v) is 0.458. The molecule has 0 aliphatic carbocycles. The first kappa shape index (κ1) is 10.1. The number of rotatable bonds is 5. The first-order chi connectivity index (χ1) is 5.24. The maximum Gasteiger partial charge on any atom is 0.322 e. The predicted octanol–water partition coefficient (Wildman–Crippen LogP) is -0.500. The largest absolute Gasteiger partial charge is 0.429 e. The lowest BCUT2D eigenvalue weighted by Gasteiger charge is -2.11. The minimum atomic E-state index is -0.893. The topological polar surface area (TPSA) is 85.4 Å². The Morgan fingerprint density at radius 2 is 2.45 bits per heavy atom. The van der Waals surface area contributed by atoms with Crippen LogP contribution >= 0.6 is 0 Å². The number of hydrogen-bond donors (Lipinski definition) is 2. The van der Waals surface area contributed by atoms with Crippen molar-refractivity contribution in [3.05, 3.63) is 0 Å². The Balaban J connectivity index is 3.67. The lowest BCUT2D eigenvalue weighted by molar-refractivity contribution is -0.162. The number of carbonyl (C=O) groups excluding carboxylic acids is 1. The maximum atomic E-state index is 10.5. The summed E-state index contributed by atoms with van der Waals surface area (Å²) < 4.78 is 9.38. The lowest BCUT2D eigenvalue weighted by Crippen LogP contribution is -2.26. The molecule has 1 atom stereocenters. The van der Waals surface area contributed by atoms with E-state index in [1.54, 1.807) is 6.92 Å². The van der Waals surface area contributed by atoms with E-state index in [4.69, 9.17) is 15.9 Å². The molecule has 0 saturated carbocycles. The molecule has 0 heterocycles. The van der Waals surface area contributed by atoms with Gasteiger partial charge in [0.25, 0.3) is 0 Å². The molecule has 1 unspecified atom stereocenters. The fourth-order valence-electron chi connectivity index (χ4n) is 0.458. The highest BCUT2D eigenvalue weighted by molar-refractivity contribution is 5.74. The van der Waals surface area contributed by atoms with Crippen molar-refractivity contribution in [2.75, 3.05) is 13.2 Å². The number of nitrogens with two attached hydrogens (primary N) is 1. The summed E-state index contributed by atoms with van der Waals surface area (Å²) >= 11 is 0. The molecule has 0 saturated heterocycles. The van der Waals surface area contributed by atoms with Crippen molar-refractivity contribution in [1.82, 2.24) is 0 Å². The lowest BCUT2D eigenvalue weighted by atomic mass is 10.6. The highest BCUT2D eigenvalue weighted by Crippen LogP contribution is 1.90. The van der Waals surface area contributed by atoms with Gasteiger partial charge in [0.15, 0.2) is 0 Å². The zero-order valence-corrected chi connectivity index (χ0v) is 6.37. The van der Waals surface area contributed by atoms with E-state index in [2.05, 4.69) is 4.74 Å². The highest BCUT2D eigenvalue weighted by Gasteiger charge is 2.08. The van der Waals surface area contributed by atoms with Gasteiger partial charge in [-0.25, -0.2) is 0 Å². The molecule has 5 heteroatoms. The van der Waals surface area contributed by atoms with Crippen LogP contribution in [0.1, 0.15) is 6.92 Å². The van der Waals surface area contributed by atoms with Gasteiger partial charge in [-0.1, -0.05) is 0 Å². The summed E-state index contributed by atoms with van der Waals surface area (Å²) in [6, 6.07) is 0. The van der Waals surface area contributed by atoms with Gasteiger partial charge in [0, 0.05) is 6.61 Å². The molecule has 0 spiro atoms. The second-order valence-corrected chi connectivity index (χ2v) is 1.68. The first-order valence-electron chi connectivity index (χ1n) is 3.26. The summed E-state index contributed by atoms with van der Waals surface area (Å²) in [7, 11) is 0. The van der Waals surface area contributed by atoms with Gasteiger partial charge in [-0.2, -0.15) is 0 Å². The number of ether oxygens (including phenoxy) is 2. The SMILES string of the molecule is CCOC(C=N)OC(=O)CN. The van der Waals surface area contributed by atoms with Crippen molar-refractivity contribution in [1.29, 1.82) is 5.41 Å². The number of hydrogen-bond acceptors (Lipinski definition) is 5. The third-order valence-corrected chi connectivity index (χ3v) is 0.881. The highest BCUT2D eigenvalue weighted by atomic mass is 16.7. The Morgan fingerprint density at radius 1 is 1.82 bits per heavy atom. The Labute approximate surface area is 65.0 Å². The normalized spacial score (nSPS) is 12.2. The quantitative estimate of drug-likeness (QED) is 0.322. The molecule has 64 valence electrons. The molecule has 0 aliphatic heterocycles. The van der Waals surface area contributed by atoms with E-state index in [9.17, 15) is 4.79 Å². The third kappa shape index (κ3) is 4.46. The molecule has 0 radical (unpaired) electrons. The molecule has 0 amide bonds. The van der Waals surface area contributed by atoms with Crippen molar-refractivity contribution >= 4 is 12.2 Å². The Kier molecular flexibility index (Phi) is 5.32. The third-order valence-electron chi connectivity index (χ3n) is 0.881. The second kappa shape index (κ2) is 5.82. The van der Waals surface area contributed by atoms with Gasteiger partial charge < -0.3 is 20.6 Å². The summed E-state index contributed by atoms with van der Waals surface area (Å²) in [5.74, 6) is -0.577. The summed E-state index contributed by atoms with van der Waals surface area (Å²) in [6.07, 6.45) is 0.00731. The molecule has 0 aromatic carbocycles. The zero-order valence-electron chi connectivity index (χ0n) is 6.37. The van der Waals surface area contributed by atoms with Crippen molar-refractivity contribution < 1.29 is 14.3 Å². The summed E-state index contributed by atoms with van der Waals surface area (Å²) in [5.41, 5.74) is 4.97. The van der Waals surface area contributed by atoms with E-state index in [1.165, 1.54) is 0 Å². The fraction of sp³-hybridized carbons (Fsp3) is 0.667. The molecule has 0 fully saturated rings. The van der Waals surface area contributed by atoms with E-state index >= 15 is 0 Å². The number of esters is 1. The minimum absolute atomic E-state index is 0.197. The molecule has 0 aromatic heterocycles. The van der Waals surface area contributed by atoms with Crippen LogP contribution in [-0.4, -0.2) is 31.6 Å². The van der Waals surface area contributed by atoms with Gasteiger partial charge in [-0.15, -0.1) is 0 Å². The molecule has 0 aromatic rings. The van der Waals surface area contributed by atoms with Crippen LogP contribution in [0.3, 0.4) is 0 Å². The van der Waals surface area contributed by atoms with Gasteiger partial charge >= 0.3 is 5.97 Å². The standard InChI is InChI=1S/C6H12N2O3/c1-2-10-6(4-8)11-5(9)3-7/h4,6,8H,2-3,7H2,1H3. The monoisotopic (exact) mass is 160 g/mol. The van der Waals surface area contributed by atoms with Gasteiger partial charge in [0.1, 0.15) is 0 Å². The van der Waals surface area contributed by atoms with Gasteiger partial charge in [-0.3, -0.25) is 4.79 Å². The zero-order chi connectivity index (χ0) is 8.69. The van der Waals surface area contributed by atoms with Crippen LogP contribution in [0.4, 0.5) is 0 Å². The molecular formula is C6H12N2O3. The van der Waals surface area contributed by atoms with Crippen molar-refractivity contribution in [2.45, 2.75) is 13.2 Å². The van der Waals surface area contributed by atoms with E-state index in [-0.39, 0.29) is 6.54 Å². The Morgan fingerprint density at radius 3 is 2.82 bits per heavy atom. The van der Waals surface area contributed by atoms with E-state index in [0.717, 1.165) is 6.21 Å². The summed E-state index contributed by atoms with van der Waals surface area (Å²) in [5, 5.41) is 6.76. The summed E-state index contributed by atoms with van der Waals surface area (Å²) in [4.78, 5) is 10.5. The molecule has 11 heavy (non-hydrogen) atoms. The Bertz CT molecular complexity index is 138. The average molecular weight is 160 g/mol. The predicted molar refractivity (Wildman–Crippen MR) is 39.3 cm³/mol. The van der Waals surface area contributed by atoms with Gasteiger partial charge in [0.2, 0.25) is 6.29 Å². The van der Waals surface area contributed by atoms with Gasteiger partial charge in [0.05, 0.1) is 12.8 Å². The molecule has 5 nitrogen and oxygen atoms in total. The van der Waals surface area contributed by atoms with Crippen molar-refractivity contribution in [3.63, 3.8) is 0 Å². The molecule has 0 rings (SSSR count). The maximum absolute atomic E-state index is 10.5. The van der Waals surface area contributed by atoms with Crippen LogP contribution < -0.4 is 5.73 Å². The van der Waals surface area contributed by atoms with E-state index < -0.39 is 12.3 Å². The van der Waals surface area contributed by atoms with Crippen molar-refractivity contribution in [3.8, 4) is 0 Å². The van der Waals surface area contributed by atoms with E-state index in [1.807, 2.05) is 0 Å². The average Bonchev–Trinajstić information content (AvgIpc) is 2.03. The van der Waals surface area contributed by atoms with Crippen LogP contribution in [0.25, 0.3) is 0 Å². The molecular weight excluding hydrogens is 148 g/mol. The van der Waals surface area contributed by atoms with Gasteiger partial charge in [-0.05, 0) is 6.92 Å². The van der Waals surface area contributed by atoms with Crippen molar-refractivity contribution in [2.24, 2.45) is 5.73 Å². The van der Waals surface area contributed by atoms with E-state index in [0.29, 0.717) is 6.61 Å². The van der Waals surface area contributed by atoms with Crippen LogP contribution in [-0.2, 0) is 14.3 Å². The number of carbonyl (C=O) groups is 1. The molecule has 3 N–H and O–H groups in total. The number of nitrogens with one attached hydrogen (secondary N) is 1. The minimum Gasteiger partial charge on any atom is -0.429 e. The van der Waals surface area contributed by atoms with Crippen LogP contribution in [0.2, 0.25) is 0 Å². The first-order valence-corrected chi connectivity index (χ1v) is 3.26. The smallest absolute Gasteiger partial charge is 0.322 e. The van der Waals surface area contributed by atoms with Crippen LogP contribution in [0.15, 0.2) is 0 Å². The Hall–Kier alpha value is -0.940. The van der Waals surface area contributed by atoms with Crippen LogP contribution in [0.5, 0.6) is 0 Å². The second-order valence-electron chi connectivity index (χ2n) is 1.68. The van der Waals surface area contributed by atoms with Crippen LogP contribution in [0, 0.1) is 5.41 Å². The molecule has 0 bridgehead atoms. The summed E-state index contributed by atoms with van der Waals surface area (Å²) in [6.45, 7) is 1.93. The molecule has 0 aliphatic rings.